The van der Waals surface area contributed by atoms with Crippen molar-refractivity contribution in [3.8, 4) is 0 Å². The van der Waals surface area contributed by atoms with Gasteiger partial charge < -0.3 is 10.1 Å². The van der Waals surface area contributed by atoms with Gasteiger partial charge in [-0.25, -0.2) is 0 Å². The van der Waals surface area contributed by atoms with Crippen LogP contribution >= 0.6 is 12.2 Å². The summed E-state index contributed by atoms with van der Waals surface area (Å²) in [5, 5.41) is 4.08. The summed E-state index contributed by atoms with van der Waals surface area (Å²) < 4.78 is 5.11. The van der Waals surface area contributed by atoms with Crippen molar-refractivity contribution in [3.63, 3.8) is 0 Å². The molecule has 0 saturated heterocycles. The van der Waals surface area contributed by atoms with Gasteiger partial charge in [-0.3, -0.25) is 0 Å². The first kappa shape index (κ1) is 9.88. The second-order valence-electron chi connectivity index (χ2n) is 5.81. The zero-order chi connectivity index (χ0) is 10.5. The Bertz CT molecular complexity index is 254. The van der Waals surface area contributed by atoms with Gasteiger partial charge in [0.05, 0.1) is 7.11 Å². The van der Waals surface area contributed by atoms with Crippen molar-refractivity contribution in [2.24, 2.45) is 17.8 Å². The molecule has 0 atom stereocenters. The highest BCUT2D eigenvalue weighted by Gasteiger charge is 2.51. The van der Waals surface area contributed by atoms with Gasteiger partial charge >= 0.3 is 0 Å². The normalized spacial score (nSPS) is 46.6. The Morgan fingerprint density at radius 2 is 1.60 bits per heavy atom. The molecule has 1 N–H and O–H groups in total. The molecule has 3 heteroatoms. The first-order valence-electron chi connectivity index (χ1n) is 6.05. The molecular formula is C12H19NOS. The second-order valence-corrected chi connectivity index (χ2v) is 6.19. The number of nitrogens with one attached hydrogen (secondary N) is 1. The predicted octanol–water partition coefficient (Wildman–Crippen LogP) is 2.48. The Hall–Kier alpha value is -0.310. The molecule has 4 bridgehead atoms. The minimum Gasteiger partial charge on any atom is -0.474 e. The first-order valence-corrected chi connectivity index (χ1v) is 6.46. The zero-order valence-electron chi connectivity index (χ0n) is 9.29. The highest BCUT2D eigenvalue weighted by Crippen LogP contribution is 2.55. The summed E-state index contributed by atoms with van der Waals surface area (Å²) in [4.78, 5) is 0. The van der Waals surface area contributed by atoms with E-state index in [0.29, 0.717) is 10.7 Å². The molecule has 4 saturated carbocycles. The highest BCUT2D eigenvalue weighted by atomic mass is 32.1. The molecule has 4 fully saturated rings. The monoisotopic (exact) mass is 225 g/mol. The van der Waals surface area contributed by atoms with E-state index in [0.717, 1.165) is 17.8 Å². The molecule has 0 aliphatic heterocycles. The number of thiocarbonyl (C=S) groups is 1. The van der Waals surface area contributed by atoms with Crippen LogP contribution in [0.1, 0.15) is 38.5 Å². The minimum absolute atomic E-state index is 0.307. The maximum absolute atomic E-state index is 5.16. The van der Waals surface area contributed by atoms with Crippen molar-refractivity contribution in [1.29, 1.82) is 0 Å². The molecular weight excluding hydrogens is 206 g/mol. The summed E-state index contributed by atoms with van der Waals surface area (Å²) in [6, 6.07) is 0. The molecule has 2 nitrogen and oxygen atoms in total. The fraction of sp³-hybridized carbons (Fsp3) is 0.917. The molecule has 84 valence electrons. The molecule has 0 aromatic rings. The van der Waals surface area contributed by atoms with Crippen molar-refractivity contribution in [2.75, 3.05) is 7.11 Å². The Labute approximate surface area is 96.8 Å². The standard InChI is InChI=1S/C12H19NOS/c1-14-11(15)13-12-5-8-2-9(6-12)4-10(3-8)7-12/h8-10H,2-7H2,1H3,(H,13,15). The predicted molar refractivity (Wildman–Crippen MR) is 63.6 cm³/mol. The van der Waals surface area contributed by atoms with Gasteiger partial charge in [-0.05, 0) is 68.5 Å². The van der Waals surface area contributed by atoms with Crippen molar-refractivity contribution in [3.05, 3.63) is 0 Å². The summed E-state index contributed by atoms with van der Waals surface area (Å²) in [6.45, 7) is 0. The fourth-order valence-electron chi connectivity index (χ4n) is 4.53. The number of hydrogen-bond donors (Lipinski definition) is 1. The Morgan fingerprint density at radius 1 is 1.13 bits per heavy atom. The van der Waals surface area contributed by atoms with E-state index in [2.05, 4.69) is 5.32 Å². The maximum Gasteiger partial charge on any atom is 0.256 e. The third-order valence-corrected chi connectivity index (χ3v) is 4.86. The zero-order valence-corrected chi connectivity index (χ0v) is 10.1. The number of methoxy groups -OCH3 is 1. The van der Waals surface area contributed by atoms with Crippen LogP contribution in [0.3, 0.4) is 0 Å². The van der Waals surface area contributed by atoms with Gasteiger partial charge in [0.2, 0.25) is 0 Å². The third kappa shape index (κ3) is 1.65. The molecule has 0 aromatic carbocycles. The molecule has 0 amide bonds. The van der Waals surface area contributed by atoms with Crippen LogP contribution in [0.4, 0.5) is 0 Å². The second kappa shape index (κ2) is 3.34. The van der Waals surface area contributed by atoms with Gasteiger partial charge in [-0.2, -0.15) is 0 Å². The Balaban J connectivity index is 1.78. The van der Waals surface area contributed by atoms with Crippen LogP contribution in [0.25, 0.3) is 0 Å². The minimum atomic E-state index is 0.307. The summed E-state index contributed by atoms with van der Waals surface area (Å²) in [5.41, 5.74) is 0.307. The molecule has 0 heterocycles. The SMILES string of the molecule is COC(=S)NC12CC3CC(CC(C3)C1)C2. The van der Waals surface area contributed by atoms with Crippen LogP contribution in [0.2, 0.25) is 0 Å². The van der Waals surface area contributed by atoms with E-state index in [1.54, 1.807) is 7.11 Å². The topological polar surface area (TPSA) is 21.3 Å². The van der Waals surface area contributed by atoms with Gasteiger partial charge in [-0.1, -0.05) is 0 Å². The molecule has 4 rings (SSSR count). The van der Waals surface area contributed by atoms with E-state index in [9.17, 15) is 0 Å². The molecule has 0 aromatic heterocycles. The molecule has 15 heavy (non-hydrogen) atoms. The van der Waals surface area contributed by atoms with E-state index >= 15 is 0 Å². The summed E-state index contributed by atoms with van der Waals surface area (Å²) >= 11 is 5.16. The number of ether oxygens (including phenoxy) is 1. The van der Waals surface area contributed by atoms with Gasteiger partial charge in [0.25, 0.3) is 5.17 Å². The van der Waals surface area contributed by atoms with E-state index in [-0.39, 0.29) is 0 Å². The van der Waals surface area contributed by atoms with Crippen molar-refractivity contribution >= 4 is 17.4 Å². The van der Waals surface area contributed by atoms with Crippen LogP contribution in [0.15, 0.2) is 0 Å². The van der Waals surface area contributed by atoms with Gasteiger partial charge in [0.1, 0.15) is 0 Å². The third-order valence-electron chi connectivity index (χ3n) is 4.59. The van der Waals surface area contributed by atoms with Crippen molar-refractivity contribution in [1.82, 2.24) is 5.32 Å². The molecule has 0 spiro atoms. The summed E-state index contributed by atoms with van der Waals surface area (Å²) in [6.07, 6.45) is 8.38. The van der Waals surface area contributed by atoms with Gasteiger partial charge in [0, 0.05) is 5.54 Å². The Kier molecular flexibility index (Phi) is 2.20. The number of rotatable bonds is 1. The lowest BCUT2D eigenvalue weighted by Crippen LogP contribution is -2.59. The highest BCUT2D eigenvalue weighted by molar-refractivity contribution is 7.80. The number of hydrogen-bond acceptors (Lipinski definition) is 2. The first-order chi connectivity index (χ1) is 7.19. The van der Waals surface area contributed by atoms with Crippen LogP contribution in [-0.4, -0.2) is 17.8 Å². The summed E-state index contributed by atoms with van der Waals surface area (Å²) in [5.74, 6) is 2.88. The van der Waals surface area contributed by atoms with Gasteiger partial charge in [0.15, 0.2) is 0 Å². The van der Waals surface area contributed by atoms with E-state index in [1.165, 1.54) is 38.5 Å². The van der Waals surface area contributed by atoms with Crippen LogP contribution < -0.4 is 5.32 Å². The van der Waals surface area contributed by atoms with E-state index < -0.39 is 0 Å². The molecule has 4 aliphatic rings. The lowest BCUT2D eigenvalue weighted by molar-refractivity contribution is -0.0121. The molecule has 0 radical (unpaired) electrons. The molecule has 4 aliphatic carbocycles. The van der Waals surface area contributed by atoms with Crippen LogP contribution in [-0.2, 0) is 4.74 Å². The molecule has 0 unspecified atom stereocenters. The lowest BCUT2D eigenvalue weighted by Gasteiger charge is -2.56. The largest absolute Gasteiger partial charge is 0.474 e. The van der Waals surface area contributed by atoms with Crippen molar-refractivity contribution in [2.45, 2.75) is 44.1 Å². The lowest BCUT2D eigenvalue weighted by atomic mass is 9.53. The van der Waals surface area contributed by atoms with Gasteiger partial charge in [-0.15, -0.1) is 0 Å². The van der Waals surface area contributed by atoms with Crippen LogP contribution in [0, 0.1) is 17.8 Å². The van der Waals surface area contributed by atoms with E-state index in [1.807, 2.05) is 0 Å². The average molecular weight is 225 g/mol. The van der Waals surface area contributed by atoms with Crippen LogP contribution in [0.5, 0.6) is 0 Å². The van der Waals surface area contributed by atoms with Crippen molar-refractivity contribution < 1.29 is 4.74 Å². The average Bonchev–Trinajstić information content (AvgIpc) is 2.14. The quantitative estimate of drug-likeness (QED) is 0.693. The fourth-order valence-corrected chi connectivity index (χ4v) is 4.75. The Morgan fingerprint density at radius 3 is 2.00 bits per heavy atom. The summed E-state index contributed by atoms with van der Waals surface area (Å²) in [7, 11) is 1.66. The smallest absolute Gasteiger partial charge is 0.256 e. The van der Waals surface area contributed by atoms with E-state index in [4.69, 9.17) is 17.0 Å². The maximum atomic E-state index is 5.16.